The average Bonchev–Trinajstić information content (AvgIpc) is 3.05. The topological polar surface area (TPSA) is 38.3 Å². The maximum Gasteiger partial charge on any atom is 0.407 e. The molecule has 0 saturated heterocycles. The molecule has 2 aromatic rings. The Balaban J connectivity index is 1.37. The van der Waals surface area contributed by atoms with Gasteiger partial charge in [0.15, 0.2) is 0 Å². The number of fused-ring (bicyclic) bond motifs is 3. The summed E-state index contributed by atoms with van der Waals surface area (Å²) in [5.74, 6) is 0.127. The van der Waals surface area contributed by atoms with Gasteiger partial charge in [-0.3, -0.25) is 0 Å². The van der Waals surface area contributed by atoms with Gasteiger partial charge in [0.05, 0.1) is 0 Å². The number of rotatable bonds is 3. The van der Waals surface area contributed by atoms with Gasteiger partial charge in [-0.25, -0.2) is 4.79 Å². The standard InChI is InChI=1S/C25H31NO2/c27-25(26-19-12-6-4-2-1-3-5-7-13-19)28-18-24-22-16-10-8-14-20(22)21-15-9-11-17-23(21)24/h8-11,14-17,19,24H,1-7,12-13,18H2,(H,26,27). The zero-order valence-corrected chi connectivity index (χ0v) is 16.7. The third-order valence-electron chi connectivity index (χ3n) is 6.27. The van der Waals surface area contributed by atoms with E-state index in [9.17, 15) is 4.79 Å². The molecule has 4 rings (SSSR count). The van der Waals surface area contributed by atoms with Crippen molar-refractivity contribution >= 4 is 6.09 Å². The van der Waals surface area contributed by atoms with Gasteiger partial charge in [-0.05, 0) is 35.1 Å². The van der Waals surface area contributed by atoms with Gasteiger partial charge in [0.1, 0.15) is 6.61 Å². The first-order valence-electron chi connectivity index (χ1n) is 10.9. The van der Waals surface area contributed by atoms with Gasteiger partial charge in [-0.15, -0.1) is 0 Å². The molecule has 2 aromatic carbocycles. The van der Waals surface area contributed by atoms with Crippen LogP contribution in [0.2, 0.25) is 0 Å². The van der Waals surface area contributed by atoms with Crippen LogP contribution in [0.4, 0.5) is 4.79 Å². The molecule has 1 fully saturated rings. The Morgan fingerprint density at radius 1 is 0.786 bits per heavy atom. The van der Waals surface area contributed by atoms with Crippen molar-refractivity contribution in [1.82, 2.24) is 5.32 Å². The van der Waals surface area contributed by atoms with Crippen molar-refractivity contribution in [2.24, 2.45) is 0 Å². The van der Waals surface area contributed by atoms with E-state index >= 15 is 0 Å². The minimum Gasteiger partial charge on any atom is -0.449 e. The van der Waals surface area contributed by atoms with Crippen molar-refractivity contribution in [2.45, 2.75) is 69.7 Å². The second-order valence-corrected chi connectivity index (χ2v) is 8.22. The van der Waals surface area contributed by atoms with E-state index in [-0.39, 0.29) is 18.1 Å². The van der Waals surface area contributed by atoms with Crippen LogP contribution in [0.1, 0.15) is 74.8 Å². The van der Waals surface area contributed by atoms with E-state index in [0.717, 1.165) is 12.8 Å². The van der Waals surface area contributed by atoms with E-state index in [1.807, 2.05) is 0 Å². The predicted molar refractivity (Wildman–Crippen MR) is 114 cm³/mol. The Labute approximate surface area is 168 Å². The number of carbonyl (C=O) groups excluding carboxylic acids is 1. The van der Waals surface area contributed by atoms with Crippen molar-refractivity contribution < 1.29 is 9.53 Å². The lowest BCUT2D eigenvalue weighted by atomic mass is 9.97. The Kier molecular flexibility index (Phi) is 6.31. The molecule has 2 aliphatic rings. The fraction of sp³-hybridized carbons (Fsp3) is 0.480. The number of benzene rings is 2. The molecule has 0 spiro atoms. The number of nitrogens with one attached hydrogen (secondary N) is 1. The first-order chi connectivity index (χ1) is 13.8. The second kappa shape index (κ2) is 9.27. The van der Waals surface area contributed by atoms with Gasteiger partial charge in [-0.2, -0.15) is 0 Å². The fourth-order valence-electron chi connectivity index (χ4n) is 4.76. The lowest BCUT2D eigenvalue weighted by molar-refractivity contribution is 0.137. The molecule has 1 N–H and O–H groups in total. The van der Waals surface area contributed by atoms with E-state index in [0.29, 0.717) is 6.61 Å². The maximum absolute atomic E-state index is 12.5. The molecule has 0 unspecified atom stereocenters. The van der Waals surface area contributed by atoms with Gasteiger partial charge in [0.25, 0.3) is 0 Å². The van der Waals surface area contributed by atoms with Gasteiger partial charge in [0.2, 0.25) is 0 Å². The first kappa shape index (κ1) is 19.0. The van der Waals surface area contributed by atoms with Gasteiger partial charge in [0, 0.05) is 12.0 Å². The molecule has 28 heavy (non-hydrogen) atoms. The zero-order chi connectivity index (χ0) is 19.2. The van der Waals surface area contributed by atoms with Crippen molar-refractivity contribution in [3.8, 4) is 11.1 Å². The summed E-state index contributed by atoms with van der Waals surface area (Å²) in [7, 11) is 0. The van der Waals surface area contributed by atoms with Crippen LogP contribution in [0.5, 0.6) is 0 Å². The lowest BCUT2D eigenvalue weighted by Crippen LogP contribution is -2.36. The van der Waals surface area contributed by atoms with E-state index in [2.05, 4.69) is 53.8 Å². The maximum atomic E-state index is 12.5. The second-order valence-electron chi connectivity index (χ2n) is 8.22. The molecule has 3 heteroatoms. The van der Waals surface area contributed by atoms with Crippen molar-refractivity contribution in [3.63, 3.8) is 0 Å². The van der Waals surface area contributed by atoms with Crippen LogP contribution < -0.4 is 5.32 Å². The Bertz CT molecular complexity index is 745. The van der Waals surface area contributed by atoms with Crippen molar-refractivity contribution in [2.75, 3.05) is 6.61 Å². The Hall–Kier alpha value is -2.29. The molecule has 0 aromatic heterocycles. The fourth-order valence-corrected chi connectivity index (χ4v) is 4.76. The summed E-state index contributed by atoms with van der Waals surface area (Å²) < 4.78 is 5.72. The van der Waals surface area contributed by atoms with Gasteiger partial charge < -0.3 is 10.1 Å². The highest BCUT2D eigenvalue weighted by atomic mass is 16.5. The summed E-state index contributed by atoms with van der Waals surface area (Å²) >= 11 is 0. The normalized spacial score (nSPS) is 18.1. The van der Waals surface area contributed by atoms with Crippen molar-refractivity contribution in [3.05, 3.63) is 59.7 Å². The Morgan fingerprint density at radius 3 is 1.86 bits per heavy atom. The van der Waals surface area contributed by atoms with Crippen LogP contribution in [0.3, 0.4) is 0 Å². The van der Waals surface area contributed by atoms with Crippen molar-refractivity contribution in [1.29, 1.82) is 0 Å². The molecular formula is C25H31NO2. The number of carbonyl (C=O) groups is 1. The third kappa shape index (κ3) is 4.40. The van der Waals surface area contributed by atoms with Crippen LogP contribution in [-0.4, -0.2) is 18.7 Å². The van der Waals surface area contributed by atoms with E-state index in [1.165, 1.54) is 67.2 Å². The molecule has 0 radical (unpaired) electrons. The summed E-state index contributed by atoms with van der Waals surface area (Å²) in [6.45, 7) is 0.395. The Morgan fingerprint density at radius 2 is 1.29 bits per heavy atom. The summed E-state index contributed by atoms with van der Waals surface area (Å²) in [4.78, 5) is 12.5. The predicted octanol–water partition coefficient (Wildman–Crippen LogP) is 6.42. The zero-order valence-electron chi connectivity index (χ0n) is 16.7. The lowest BCUT2D eigenvalue weighted by Gasteiger charge is -2.21. The molecule has 148 valence electrons. The van der Waals surface area contributed by atoms with Crippen LogP contribution >= 0.6 is 0 Å². The van der Waals surface area contributed by atoms with Gasteiger partial charge >= 0.3 is 6.09 Å². The third-order valence-corrected chi connectivity index (χ3v) is 6.27. The summed E-state index contributed by atoms with van der Waals surface area (Å²) in [6.07, 6.45) is 10.9. The highest BCUT2D eigenvalue weighted by molar-refractivity contribution is 5.79. The van der Waals surface area contributed by atoms with E-state index < -0.39 is 0 Å². The largest absolute Gasteiger partial charge is 0.449 e. The minimum absolute atomic E-state index is 0.127. The molecule has 0 heterocycles. The summed E-state index contributed by atoms with van der Waals surface area (Å²) in [6, 6.07) is 17.2. The number of ether oxygens (including phenoxy) is 1. The minimum atomic E-state index is -0.260. The van der Waals surface area contributed by atoms with Crippen LogP contribution in [0, 0.1) is 0 Å². The highest BCUT2D eigenvalue weighted by Crippen LogP contribution is 2.44. The number of amides is 1. The molecule has 1 saturated carbocycles. The molecule has 3 nitrogen and oxygen atoms in total. The van der Waals surface area contributed by atoms with E-state index in [1.54, 1.807) is 0 Å². The molecule has 1 amide bonds. The highest BCUT2D eigenvalue weighted by Gasteiger charge is 2.29. The van der Waals surface area contributed by atoms with Crippen LogP contribution in [0.25, 0.3) is 11.1 Å². The smallest absolute Gasteiger partial charge is 0.407 e. The monoisotopic (exact) mass is 377 g/mol. The van der Waals surface area contributed by atoms with Crippen LogP contribution in [0.15, 0.2) is 48.5 Å². The number of hydrogen-bond donors (Lipinski definition) is 1. The number of alkyl carbamates (subject to hydrolysis) is 1. The molecule has 0 aliphatic heterocycles. The molecule has 0 bridgehead atoms. The number of hydrogen-bond acceptors (Lipinski definition) is 2. The first-order valence-corrected chi connectivity index (χ1v) is 10.9. The molecule has 2 aliphatic carbocycles. The average molecular weight is 378 g/mol. The molecule has 0 atom stereocenters. The molecular weight excluding hydrogens is 346 g/mol. The van der Waals surface area contributed by atoms with Crippen LogP contribution in [-0.2, 0) is 4.74 Å². The van der Waals surface area contributed by atoms with E-state index in [4.69, 9.17) is 4.74 Å². The SMILES string of the molecule is O=C(NC1CCCCCCCCC1)OCC1c2ccccc2-c2ccccc21. The quantitative estimate of drug-likeness (QED) is 0.670. The van der Waals surface area contributed by atoms with Gasteiger partial charge in [-0.1, -0.05) is 93.5 Å². The summed E-state index contributed by atoms with van der Waals surface area (Å²) in [5, 5.41) is 3.15. The summed E-state index contributed by atoms with van der Waals surface area (Å²) in [5.41, 5.74) is 5.05.